The van der Waals surface area contributed by atoms with Crippen LogP contribution in [0.15, 0.2) is 0 Å². The molecule has 0 aromatic heterocycles. The first-order valence-corrected chi connectivity index (χ1v) is 4.82. The Morgan fingerprint density at radius 3 is 2.79 bits per heavy atom. The van der Waals surface area contributed by atoms with Crippen molar-refractivity contribution in [1.29, 1.82) is 0 Å². The van der Waals surface area contributed by atoms with E-state index in [1.165, 1.54) is 0 Å². The Morgan fingerprint density at radius 2 is 2.36 bits per heavy atom. The Bertz CT molecular complexity index is 232. The summed E-state index contributed by atoms with van der Waals surface area (Å²) < 4.78 is 0. The second-order valence-electron chi connectivity index (χ2n) is 3.66. The molecule has 0 aromatic carbocycles. The molecule has 1 unspecified atom stereocenters. The quantitative estimate of drug-likeness (QED) is 0.630. The van der Waals surface area contributed by atoms with Gasteiger partial charge in [-0.3, -0.25) is 0 Å². The average molecular weight is 199 g/mol. The van der Waals surface area contributed by atoms with Crippen LogP contribution in [0, 0.1) is 0 Å². The zero-order chi connectivity index (χ0) is 10.7. The summed E-state index contributed by atoms with van der Waals surface area (Å²) in [5.41, 5.74) is 5.47. The van der Waals surface area contributed by atoms with Gasteiger partial charge in [0.05, 0.1) is 12.1 Å². The van der Waals surface area contributed by atoms with Crippen LogP contribution in [-0.4, -0.2) is 54.3 Å². The Morgan fingerprint density at radius 1 is 1.71 bits per heavy atom. The number of carbonyl (C=O) groups excluding carboxylic acids is 2. The number of hydrogen-bond donors (Lipinski definition) is 1. The van der Waals surface area contributed by atoms with Crippen molar-refractivity contribution in [3.63, 3.8) is 0 Å². The third-order valence-corrected chi connectivity index (χ3v) is 2.63. The molecule has 1 aliphatic heterocycles. The van der Waals surface area contributed by atoms with E-state index < -0.39 is 6.04 Å². The Hall–Kier alpha value is -1.10. The molecular weight excluding hydrogens is 182 g/mol. The van der Waals surface area contributed by atoms with Crippen LogP contribution in [0.1, 0.15) is 13.3 Å². The molecule has 0 aromatic rings. The van der Waals surface area contributed by atoms with Gasteiger partial charge in [0.1, 0.15) is 6.29 Å². The summed E-state index contributed by atoms with van der Waals surface area (Å²) >= 11 is 0. The SMILES string of the molecule is CC[C@H]1CN(CC(N)C=O)C(=O)N1C. The largest absolute Gasteiger partial charge is 0.323 e. The fraction of sp³-hybridized carbons (Fsp3) is 0.778. The highest BCUT2D eigenvalue weighted by atomic mass is 16.2. The molecule has 5 heteroatoms. The van der Waals surface area contributed by atoms with Crippen molar-refractivity contribution < 1.29 is 9.59 Å². The zero-order valence-electron chi connectivity index (χ0n) is 8.64. The minimum atomic E-state index is -0.567. The fourth-order valence-electron chi connectivity index (χ4n) is 1.69. The van der Waals surface area contributed by atoms with Gasteiger partial charge < -0.3 is 20.3 Å². The molecule has 80 valence electrons. The second-order valence-corrected chi connectivity index (χ2v) is 3.66. The number of nitrogens with zero attached hydrogens (tertiary/aromatic N) is 2. The summed E-state index contributed by atoms with van der Waals surface area (Å²) in [6.07, 6.45) is 1.60. The lowest BCUT2D eigenvalue weighted by atomic mass is 10.2. The molecule has 0 aliphatic carbocycles. The van der Waals surface area contributed by atoms with Gasteiger partial charge in [-0.2, -0.15) is 0 Å². The zero-order valence-corrected chi connectivity index (χ0v) is 8.64. The van der Waals surface area contributed by atoms with Gasteiger partial charge in [0, 0.05) is 20.1 Å². The van der Waals surface area contributed by atoms with Gasteiger partial charge in [0.2, 0.25) is 0 Å². The summed E-state index contributed by atoms with van der Waals surface area (Å²) in [6.45, 7) is 3.04. The molecule has 5 nitrogen and oxygen atoms in total. The van der Waals surface area contributed by atoms with Crippen LogP contribution in [0.5, 0.6) is 0 Å². The average Bonchev–Trinajstić information content (AvgIpc) is 2.45. The van der Waals surface area contributed by atoms with Gasteiger partial charge in [-0.25, -0.2) is 4.79 Å². The van der Waals surface area contributed by atoms with Crippen LogP contribution in [0.25, 0.3) is 0 Å². The van der Waals surface area contributed by atoms with Crippen LogP contribution in [-0.2, 0) is 4.79 Å². The van der Waals surface area contributed by atoms with Crippen LogP contribution in [0.3, 0.4) is 0 Å². The van der Waals surface area contributed by atoms with Crippen molar-refractivity contribution in [1.82, 2.24) is 9.80 Å². The lowest BCUT2D eigenvalue weighted by Gasteiger charge is -2.17. The number of carbonyl (C=O) groups is 2. The predicted octanol–water partition coefficient (Wildman–Crippen LogP) is -0.341. The molecule has 2 N–H and O–H groups in total. The van der Waals surface area contributed by atoms with Crippen molar-refractivity contribution in [3.8, 4) is 0 Å². The number of urea groups is 1. The summed E-state index contributed by atoms with van der Waals surface area (Å²) in [4.78, 5) is 25.3. The summed E-state index contributed by atoms with van der Waals surface area (Å²) in [6, 6.07) is -0.349. The van der Waals surface area contributed by atoms with E-state index >= 15 is 0 Å². The van der Waals surface area contributed by atoms with Gasteiger partial charge in [-0.15, -0.1) is 0 Å². The van der Waals surface area contributed by atoms with E-state index in [0.29, 0.717) is 19.4 Å². The molecule has 14 heavy (non-hydrogen) atoms. The number of amides is 2. The minimum Gasteiger partial charge on any atom is -0.323 e. The van der Waals surface area contributed by atoms with Gasteiger partial charge in [-0.1, -0.05) is 6.92 Å². The molecular formula is C9H17N3O2. The Kier molecular flexibility index (Phi) is 3.46. The van der Waals surface area contributed by atoms with E-state index in [-0.39, 0.29) is 12.1 Å². The molecule has 2 amide bonds. The summed E-state index contributed by atoms with van der Waals surface area (Å²) in [5.74, 6) is 0. The van der Waals surface area contributed by atoms with Crippen molar-refractivity contribution >= 4 is 12.3 Å². The van der Waals surface area contributed by atoms with Crippen LogP contribution in [0.2, 0.25) is 0 Å². The van der Waals surface area contributed by atoms with Gasteiger partial charge in [0.15, 0.2) is 0 Å². The number of hydrogen-bond acceptors (Lipinski definition) is 3. The first kappa shape index (κ1) is 11.0. The number of likely N-dealkylation sites (N-methyl/N-ethyl adjacent to an activating group) is 1. The smallest absolute Gasteiger partial charge is 0.320 e. The van der Waals surface area contributed by atoms with Gasteiger partial charge >= 0.3 is 6.03 Å². The van der Waals surface area contributed by atoms with Crippen LogP contribution < -0.4 is 5.73 Å². The normalized spacial score (nSPS) is 24.2. The summed E-state index contributed by atoms with van der Waals surface area (Å²) in [7, 11) is 1.78. The molecule has 1 fully saturated rings. The molecule has 0 spiro atoms. The Balaban J connectivity index is 2.56. The Labute approximate surface area is 83.8 Å². The lowest BCUT2D eigenvalue weighted by molar-refractivity contribution is -0.109. The van der Waals surface area contributed by atoms with E-state index in [1.807, 2.05) is 6.92 Å². The van der Waals surface area contributed by atoms with Gasteiger partial charge in [-0.05, 0) is 6.42 Å². The maximum Gasteiger partial charge on any atom is 0.320 e. The first-order valence-electron chi connectivity index (χ1n) is 4.82. The highest BCUT2D eigenvalue weighted by molar-refractivity contribution is 5.77. The standard InChI is InChI=1S/C9H17N3O2/c1-3-8-5-12(4-7(10)6-13)9(14)11(8)2/h6-8H,3-5,10H2,1-2H3/t7?,8-/m0/s1. The van der Waals surface area contributed by atoms with Crippen molar-refractivity contribution in [2.45, 2.75) is 25.4 Å². The second kappa shape index (κ2) is 4.41. The van der Waals surface area contributed by atoms with Crippen LogP contribution >= 0.6 is 0 Å². The van der Waals surface area contributed by atoms with E-state index in [0.717, 1.165) is 6.42 Å². The molecule has 1 saturated heterocycles. The monoisotopic (exact) mass is 199 g/mol. The van der Waals surface area contributed by atoms with E-state index in [2.05, 4.69) is 0 Å². The highest BCUT2D eigenvalue weighted by Crippen LogP contribution is 2.15. The van der Waals surface area contributed by atoms with Crippen LogP contribution in [0.4, 0.5) is 4.79 Å². The minimum absolute atomic E-state index is 0.0332. The summed E-state index contributed by atoms with van der Waals surface area (Å²) in [5, 5.41) is 0. The lowest BCUT2D eigenvalue weighted by Crippen LogP contribution is -2.40. The fourth-order valence-corrected chi connectivity index (χ4v) is 1.69. The molecule has 0 saturated carbocycles. The number of rotatable bonds is 4. The number of aldehydes is 1. The van der Waals surface area contributed by atoms with Crippen molar-refractivity contribution in [2.75, 3.05) is 20.1 Å². The maximum absolute atomic E-state index is 11.6. The molecule has 0 bridgehead atoms. The first-order chi connectivity index (χ1) is 6.60. The number of nitrogens with two attached hydrogens (primary N) is 1. The van der Waals surface area contributed by atoms with Crippen molar-refractivity contribution in [3.05, 3.63) is 0 Å². The molecule has 1 rings (SSSR count). The molecule has 2 atom stereocenters. The highest BCUT2D eigenvalue weighted by Gasteiger charge is 2.33. The third kappa shape index (κ3) is 2.04. The van der Waals surface area contributed by atoms with Crippen molar-refractivity contribution in [2.24, 2.45) is 5.73 Å². The molecule has 1 heterocycles. The maximum atomic E-state index is 11.6. The molecule has 0 radical (unpaired) electrons. The predicted molar refractivity (Wildman–Crippen MR) is 52.9 cm³/mol. The van der Waals surface area contributed by atoms with E-state index in [1.54, 1.807) is 16.8 Å². The van der Waals surface area contributed by atoms with E-state index in [9.17, 15) is 9.59 Å². The van der Waals surface area contributed by atoms with Gasteiger partial charge in [0.25, 0.3) is 0 Å². The van der Waals surface area contributed by atoms with E-state index in [4.69, 9.17) is 5.73 Å². The topological polar surface area (TPSA) is 66.6 Å². The molecule has 1 aliphatic rings. The third-order valence-electron chi connectivity index (χ3n) is 2.63.